The summed E-state index contributed by atoms with van der Waals surface area (Å²) in [5.41, 5.74) is 6.49. The van der Waals surface area contributed by atoms with E-state index in [4.69, 9.17) is 10.5 Å². The Bertz CT molecular complexity index is 366. The quantitative estimate of drug-likeness (QED) is 0.807. The first kappa shape index (κ1) is 13.5. The van der Waals surface area contributed by atoms with Gasteiger partial charge >= 0.3 is 0 Å². The van der Waals surface area contributed by atoms with Gasteiger partial charge in [-0.3, -0.25) is 4.79 Å². The van der Waals surface area contributed by atoms with E-state index in [0.717, 1.165) is 11.3 Å². The lowest BCUT2D eigenvalue weighted by molar-refractivity contribution is -0.130. The number of benzene rings is 1. The molecule has 0 heterocycles. The first-order valence-corrected chi connectivity index (χ1v) is 5.77. The largest absolute Gasteiger partial charge is 0.492 e. The van der Waals surface area contributed by atoms with Crippen molar-refractivity contribution in [2.75, 3.05) is 26.7 Å². The van der Waals surface area contributed by atoms with Gasteiger partial charge in [-0.1, -0.05) is 12.1 Å². The molecule has 0 fully saturated rings. The number of amides is 1. The van der Waals surface area contributed by atoms with E-state index in [9.17, 15) is 4.79 Å². The zero-order valence-electron chi connectivity index (χ0n) is 10.5. The Morgan fingerprint density at radius 1 is 1.47 bits per heavy atom. The van der Waals surface area contributed by atoms with Crippen molar-refractivity contribution in [2.45, 2.75) is 13.3 Å². The molecule has 0 bridgehead atoms. The van der Waals surface area contributed by atoms with Gasteiger partial charge in [0.05, 0.1) is 6.54 Å². The van der Waals surface area contributed by atoms with Gasteiger partial charge in [0.15, 0.2) is 0 Å². The van der Waals surface area contributed by atoms with E-state index in [0.29, 0.717) is 26.1 Å². The van der Waals surface area contributed by atoms with Crippen molar-refractivity contribution in [2.24, 2.45) is 5.73 Å². The molecule has 0 spiro atoms. The van der Waals surface area contributed by atoms with Crippen LogP contribution in [-0.2, 0) is 4.79 Å². The Labute approximate surface area is 102 Å². The Kier molecular flexibility index (Phi) is 5.49. The molecule has 0 atom stereocenters. The molecule has 0 unspecified atom stereocenters. The monoisotopic (exact) mass is 236 g/mol. The molecule has 0 aromatic heterocycles. The second kappa shape index (κ2) is 6.91. The van der Waals surface area contributed by atoms with Crippen molar-refractivity contribution in [1.82, 2.24) is 4.90 Å². The van der Waals surface area contributed by atoms with Crippen molar-refractivity contribution in [3.8, 4) is 5.75 Å². The lowest BCUT2D eigenvalue weighted by Crippen LogP contribution is -2.32. The Morgan fingerprint density at radius 3 is 2.88 bits per heavy atom. The molecule has 94 valence electrons. The minimum absolute atomic E-state index is 0.0559. The van der Waals surface area contributed by atoms with Crippen molar-refractivity contribution >= 4 is 5.91 Å². The molecule has 0 radical (unpaired) electrons. The van der Waals surface area contributed by atoms with Crippen LogP contribution in [-0.4, -0.2) is 37.6 Å². The summed E-state index contributed by atoms with van der Waals surface area (Å²) in [4.78, 5) is 13.1. The summed E-state index contributed by atoms with van der Waals surface area (Å²) in [5, 5.41) is 0. The number of aryl methyl sites for hydroxylation is 1. The molecule has 4 heteroatoms. The lowest BCUT2D eigenvalue weighted by atomic mass is 10.2. The maximum atomic E-state index is 11.4. The highest BCUT2D eigenvalue weighted by atomic mass is 16.5. The molecule has 1 aromatic rings. The summed E-state index contributed by atoms with van der Waals surface area (Å²) < 4.78 is 5.56. The van der Waals surface area contributed by atoms with Crippen molar-refractivity contribution < 1.29 is 9.53 Å². The summed E-state index contributed by atoms with van der Waals surface area (Å²) in [6.07, 6.45) is 0.390. The molecule has 4 nitrogen and oxygen atoms in total. The molecule has 0 saturated heterocycles. The van der Waals surface area contributed by atoms with Gasteiger partial charge in [0.25, 0.3) is 0 Å². The predicted octanol–water partition coefficient (Wildman–Crippen LogP) is 1.18. The Hall–Kier alpha value is -1.55. The number of rotatable bonds is 6. The van der Waals surface area contributed by atoms with Crippen LogP contribution >= 0.6 is 0 Å². The second-order valence-electron chi connectivity index (χ2n) is 4.02. The average Bonchev–Trinajstić information content (AvgIpc) is 2.29. The summed E-state index contributed by atoms with van der Waals surface area (Å²) >= 11 is 0. The lowest BCUT2D eigenvalue weighted by Gasteiger charge is -2.17. The van der Waals surface area contributed by atoms with Gasteiger partial charge in [0, 0.05) is 20.0 Å². The fourth-order valence-electron chi connectivity index (χ4n) is 1.44. The van der Waals surface area contributed by atoms with Crippen molar-refractivity contribution in [3.05, 3.63) is 29.8 Å². The Balaban J connectivity index is 2.30. The third-order valence-corrected chi connectivity index (χ3v) is 2.47. The summed E-state index contributed by atoms with van der Waals surface area (Å²) in [5.74, 6) is 0.894. The zero-order valence-corrected chi connectivity index (χ0v) is 10.5. The standard InChI is InChI=1S/C13H20N2O2/c1-11-4-3-5-12(10-11)17-9-8-15(2)13(16)6-7-14/h3-5,10H,6-9,14H2,1-2H3. The van der Waals surface area contributed by atoms with Gasteiger partial charge in [-0.25, -0.2) is 0 Å². The number of carbonyl (C=O) groups excluding carboxylic acids is 1. The van der Waals surface area contributed by atoms with Crippen molar-refractivity contribution in [3.63, 3.8) is 0 Å². The summed E-state index contributed by atoms with van der Waals surface area (Å²) in [7, 11) is 1.76. The predicted molar refractivity (Wildman–Crippen MR) is 68.0 cm³/mol. The van der Waals surface area contributed by atoms with Crippen LogP contribution in [0.15, 0.2) is 24.3 Å². The fraction of sp³-hybridized carbons (Fsp3) is 0.462. The maximum Gasteiger partial charge on any atom is 0.223 e. The van der Waals surface area contributed by atoms with E-state index in [1.807, 2.05) is 31.2 Å². The summed E-state index contributed by atoms with van der Waals surface area (Å²) in [6, 6.07) is 7.86. The highest BCUT2D eigenvalue weighted by Gasteiger charge is 2.06. The minimum atomic E-state index is 0.0559. The van der Waals surface area contributed by atoms with E-state index in [2.05, 4.69) is 0 Å². The van der Waals surface area contributed by atoms with Crippen LogP contribution in [0.4, 0.5) is 0 Å². The highest BCUT2D eigenvalue weighted by molar-refractivity contribution is 5.75. The second-order valence-corrected chi connectivity index (χ2v) is 4.02. The smallest absolute Gasteiger partial charge is 0.223 e. The number of hydrogen-bond donors (Lipinski definition) is 1. The molecular weight excluding hydrogens is 216 g/mol. The number of hydrogen-bond acceptors (Lipinski definition) is 3. The first-order valence-electron chi connectivity index (χ1n) is 5.77. The molecule has 17 heavy (non-hydrogen) atoms. The van der Waals surface area contributed by atoms with Gasteiger partial charge in [-0.2, -0.15) is 0 Å². The molecule has 0 aliphatic heterocycles. The van der Waals surface area contributed by atoms with E-state index >= 15 is 0 Å². The highest BCUT2D eigenvalue weighted by Crippen LogP contribution is 2.11. The molecule has 1 amide bonds. The Morgan fingerprint density at radius 2 is 2.24 bits per heavy atom. The SMILES string of the molecule is Cc1cccc(OCCN(C)C(=O)CCN)c1. The van der Waals surface area contributed by atoms with E-state index in [1.165, 1.54) is 0 Å². The molecule has 0 aliphatic rings. The van der Waals surface area contributed by atoms with Crippen LogP contribution < -0.4 is 10.5 Å². The topological polar surface area (TPSA) is 55.6 Å². The van der Waals surface area contributed by atoms with Crippen LogP contribution in [0.2, 0.25) is 0 Å². The van der Waals surface area contributed by atoms with Gasteiger partial charge in [0.2, 0.25) is 5.91 Å². The van der Waals surface area contributed by atoms with E-state index in [-0.39, 0.29) is 5.91 Å². The van der Waals surface area contributed by atoms with Gasteiger partial charge in [-0.05, 0) is 24.6 Å². The maximum absolute atomic E-state index is 11.4. The summed E-state index contributed by atoms with van der Waals surface area (Å²) in [6.45, 7) is 3.48. The van der Waals surface area contributed by atoms with E-state index in [1.54, 1.807) is 11.9 Å². The number of ether oxygens (including phenoxy) is 1. The molecule has 0 saturated carbocycles. The van der Waals surface area contributed by atoms with Crippen LogP contribution in [0.25, 0.3) is 0 Å². The molecule has 0 aliphatic carbocycles. The van der Waals surface area contributed by atoms with E-state index < -0.39 is 0 Å². The third kappa shape index (κ3) is 4.87. The minimum Gasteiger partial charge on any atom is -0.492 e. The normalized spacial score (nSPS) is 10.1. The average molecular weight is 236 g/mol. The number of carbonyl (C=O) groups is 1. The third-order valence-electron chi connectivity index (χ3n) is 2.47. The van der Waals surface area contributed by atoms with Crippen LogP contribution in [0.3, 0.4) is 0 Å². The molecule has 1 rings (SSSR count). The van der Waals surface area contributed by atoms with Gasteiger partial charge in [0.1, 0.15) is 12.4 Å². The number of nitrogens with zero attached hydrogens (tertiary/aromatic N) is 1. The fourth-order valence-corrected chi connectivity index (χ4v) is 1.44. The van der Waals surface area contributed by atoms with Crippen LogP contribution in [0.5, 0.6) is 5.75 Å². The molecular formula is C13H20N2O2. The van der Waals surface area contributed by atoms with Gasteiger partial charge < -0.3 is 15.4 Å². The molecule has 2 N–H and O–H groups in total. The number of nitrogens with two attached hydrogens (primary N) is 1. The zero-order chi connectivity index (χ0) is 12.7. The van der Waals surface area contributed by atoms with Crippen LogP contribution in [0.1, 0.15) is 12.0 Å². The number of likely N-dealkylation sites (N-methyl/N-ethyl adjacent to an activating group) is 1. The van der Waals surface area contributed by atoms with Crippen molar-refractivity contribution in [1.29, 1.82) is 0 Å². The van der Waals surface area contributed by atoms with Crippen LogP contribution in [0, 0.1) is 6.92 Å². The molecule has 1 aromatic carbocycles. The van der Waals surface area contributed by atoms with Gasteiger partial charge in [-0.15, -0.1) is 0 Å². The first-order chi connectivity index (χ1) is 8.13.